The van der Waals surface area contributed by atoms with Crippen molar-refractivity contribution in [1.29, 1.82) is 0 Å². The van der Waals surface area contributed by atoms with Gasteiger partial charge in [0.25, 0.3) is 0 Å². The van der Waals surface area contributed by atoms with Gasteiger partial charge in [0, 0.05) is 5.41 Å². The third kappa shape index (κ3) is 1.60. The van der Waals surface area contributed by atoms with E-state index in [1.165, 1.54) is 11.1 Å². The number of benzene rings is 1. The summed E-state index contributed by atoms with van der Waals surface area (Å²) in [6, 6.07) is 5.82. The van der Waals surface area contributed by atoms with Gasteiger partial charge in [-0.05, 0) is 60.8 Å². The van der Waals surface area contributed by atoms with E-state index in [0.29, 0.717) is 24.2 Å². The molecule has 5 atom stereocenters. The number of hydrogen-bond donors (Lipinski definition) is 2. The fourth-order valence-corrected chi connectivity index (χ4v) is 4.81. The van der Waals surface area contributed by atoms with Gasteiger partial charge in [0.1, 0.15) is 5.75 Å². The highest BCUT2D eigenvalue weighted by Gasteiger charge is 2.55. The topological polar surface area (TPSA) is 49.7 Å². The van der Waals surface area contributed by atoms with E-state index in [1.54, 1.807) is 6.07 Å². The van der Waals surface area contributed by atoms with Crippen LogP contribution in [0.4, 0.5) is 0 Å². The van der Waals surface area contributed by atoms with Crippen molar-refractivity contribution < 1.29 is 14.9 Å². The third-order valence-corrected chi connectivity index (χ3v) is 6.02. The van der Waals surface area contributed by atoms with Gasteiger partial charge in [0.05, 0.1) is 18.8 Å². The van der Waals surface area contributed by atoms with Gasteiger partial charge >= 0.3 is 0 Å². The van der Waals surface area contributed by atoms with E-state index in [4.69, 9.17) is 4.74 Å². The summed E-state index contributed by atoms with van der Waals surface area (Å²) >= 11 is 0. The molecule has 0 aromatic heterocycles. The predicted molar refractivity (Wildman–Crippen MR) is 75.7 cm³/mol. The van der Waals surface area contributed by atoms with Crippen molar-refractivity contribution in [3.63, 3.8) is 0 Å². The number of aliphatic hydroxyl groups is 1. The van der Waals surface area contributed by atoms with Crippen LogP contribution in [0.3, 0.4) is 0 Å². The molecule has 0 unspecified atom stereocenters. The van der Waals surface area contributed by atoms with E-state index in [1.807, 2.05) is 6.07 Å². The van der Waals surface area contributed by atoms with Crippen LogP contribution in [-0.2, 0) is 11.2 Å². The first-order valence-corrected chi connectivity index (χ1v) is 7.71. The Morgan fingerprint density at radius 1 is 1.30 bits per heavy atom. The minimum atomic E-state index is -0.310. The fraction of sp³-hybridized carbons (Fsp3) is 0.647. The largest absolute Gasteiger partial charge is 0.508 e. The summed E-state index contributed by atoms with van der Waals surface area (Å²) in [5.74, 6) is 1.42. The molecule has 2 aliphatic carbocycles. The van der Waals surface area contributed by atoms with Crippen molar-refractivity contribution >= 4 is 0 Å². The van der Waals surface area contributed by atoms with E-state index >= 15 is 0 Å². The predicted octanol–water partition coefficient (Wildman–Crippen LogP) is 2.60. The van der Waals surface area contributed by atoms with Crippen LogP contribution in [0.15, 0.2) is 18.2 Å². The SMILES string of the molecule is C[C@]12CC[C@@H]3c4ccc(O)cc4CC[C@H]3[C@@H]1OC[C@@H]2O. The van der Waals surface area contributed by atoms with Gasteiger partial charge in [-0.2, -0.15) is 0 Å². The van der Waals surface area contributed by atoms with Crippen LogP contribution in [0.1, 0.15) is 43.2 Å². The van der Waals surface area contributed by atoms with Crippen LogP contribution < -0.4 is 0 Å². The Labute approximate surface area is 119 Å². The number of phenolic OH excluding ortho intramolecular Hbond substituents is 1. The van der Waals surface area contributed by atoms with Gasteiger partial charge in [0.15, 0.2) is 0 Å². The second-order valence-electron chi connectivity index (χ2n) is 7.01. The number of phenols is 1. The van der Waals surface area contributed by atoms with Crippen molar-refractivity contribution in [3.05, 3.63) is 29.3 Å². The Balaban J connectivity index is 1.71. The second kappa shape index (κ2) is 4.22. The van der Waals surface area contributed by atoms with E-state index in [9.17, 15) is 10.2 Å². The molecule has 3 aliphatic rings. The molecule has 1 saturated carbocycles. The van der Waals surface area contributed by atoms with Crippen LogP contribution in [0.5, 0.6) is 5.75 Å². The van der Waals surface area contributed by atoms with Crippen molar-refractivity contribution in [2.75, 3.05) is 6.61 Å². The van der Waals surface area contributed by atoms with Gasteiger partial charge in [-0.1, -0.05) is 13.0 Å². The van der Waals surface area contributed by atoms with Gasteiger partial charge in [-0.3, -0.25) is 0 Å². The number of ether oxygens (including phenoxy) is 1. The smallest absolute Gasteiger partial charge is 0.115 e. The first-order valence-electron chi connectivity index (χ1n) is 7.71. The molecule has 3 heteroatoms. The van der Waals surface area contributed by atoms with E-state index in [-0.39, 0.29) is 17.6 Å². The molecular formula is C17H22O3. The van der Waals surface area contributed by atoms with Crippen molar-refractivity contribution in [2.45, 2.75) is 50.7 Å². The average molecular weight is 274 g/mol. The van der Waals surface area contributed by atoms with Crippen LogP contribution in [0.2, 0.25) is 0 Å². The number of aryl methyl sites for hydroxylation is 1. The van der Waals surface area contributed by atoms with Crippen molar-refractivity contribution in [2.24, 2.45) is 11.3 Å². The summed E-state index contributed by atoms with van der Waals surface area (Å²) in [4.78, 5) is 0. The normalized spacial score (nSPS) is 42.7. The lowest BCUT2D eigenvalue weighted by Gasteiger charge is -2.48. The Morgan fingerprint density at radius 2 is 2.15 bits per heavy atom. The van der Waals surface area contributed by atoms with Crippen LogP contribution >= 0.6 is 0 Å². The monoisotopic (exact) mass is 274 g/mol. The molecule has 108 valence electrons. The van der Waals surface area contributed by atoms with Crippen molar-refractivity contribution in [3.8, 4) is 5.75 Å². The fourth-order valence-electron chi connectivity index (χ4n) is 4.81. The molecule has 20 heavy (non-hydrogen) atoms. The van der Waals surface area contributed by atoms with Gasteiger partial charge < -0.3 is 14.9 Å². The summed E-state index contributed by atoms with van der Waals surface area (Å²) in [6.07, 6.45) is 4.15. The molecule has 2 fully saturated rings. The van der Waals surface area contributed by atoms with E-state index < -0.39 is 0 Å². The Morgan fingerprint density at radius 3 is 3.00 bits per heavy atom. The Kier molecular flexibility index (Phi) is 2.67. The molecule has 3 nitrogen and oxygen atoms in total. The van der Waals surface area contributed by atoms with Gasteiger partial charge in [-0.25, -0.2) is 0 Å². The first-order chi connectivity index (χ1) is 9.59. The zero-order chi connectivity index (χ0) is 13.9. The molecule has 0 bridgehead atoms. The van der Waals surface area contributed by atoms with E-state index in [0.717, 1.165) is 25.7 Å². The third-order valence-electron chi connectivity index (χ3n) is 6.02. The summed E-state index contributed by atoms with van der Waals surface area (Å²) in [5.41, 5.74) is 2.63. The maximum atomic E-state index is 10.2. The van der Waals surface area contributed by atoms with Crippen LogP contribution in [-0.4, -0.2) is 29.0 Å². The summed E-state index contributed by atoms with van der Waals surface area (Å²) in [7, 11) is 0. The quantitative estimate of drug-likeness (QED) is 0.764. The molecule has 1 aromatic rings. The minimum absolute atomic E-state index is 0.0599. The maximum Gasteiger partial charge on any atom is 0.115 e. The van der Waals surface area contributed by atoms with E-state index in [2.05, 4.69) is 13.0 Å². The Hall–Kier alpha value is -1.06. The number of aromatic hydroxyl groups is 1. The molecule has 1 heterocycles. The van der Waals surface area contributed by atoms with Gasteiger partial charge in [-0.15, -0.1) is 0 Å². The zero-order valence-electron chi connectivity index (χ0n) is 11.9. The molecule has 1 aromatic carbocycles. The summed E-state index contributed by atoms with van der Waals surface area (Å²) in [5, 5.41) is 19.9. The Bertz CT molecular complexity index is 541. The van der Waals surface area contributed by atoms with Crippen LogP contribution in [0.25, 0.3) is 0 Å². The molecule has 0 spiro atoms. The maximum absolute atomic E-state index is 10.2. The summed E-state index contributed by atoms with van der Waals surface area (Å²) < 4.78 is 5.98. The average Bonchev–Trinajstić information content (AvgIpc) is 2.74. The molecule has 2 N–H and O–H groups in total. The molecular weight excluding hydrogens is 252 g/mol. The highest BCUT2D eigenvalue weighted by atomic mass is 16.5. The molecule has 0 radical (unpaired) electrons. The number of aliphatic hydroxyl groups excluding tert-OH is 1. The number of hydrogen-bond acceptors (Lipinski definition) is 3. The molecule has 4 rings (SSSR count). The highest BCUT2D eigenvalue weighted by molar-refractivity contribution is 5.40. The standard InChI is InChI=1S/C17H22O3/c1-17-7-6-13-12-5-3-11(18)8-10(12)2-4-14(13)16(17)20-9-15(17)19/h3,5,8,13-16,18-19H,2,4,6-7,9H2,1H3/t13-,14-,15+,16+,17-/m1/s1. The lowest BCUT2D eigenvalue weighted by Crippen LogP contribution is -2.48. The van der Waals surface area contributed by atoms with Crippen molar-refractivity contribution in [1.82, 2.24) is 0 Å². The first kappa shape index (κ1) is 12.7. The summed E-state index contributed by atoms with van der Waals surface area (Å²) in [6.45, 7) is 2.69. The molecule has 1 aliphatic heterocycles. The molecule has 0 amide bonds. The number of fused-ring (bicyclic) bond motifs is 5. The molecule has 1 saturated heterocycles. The number of rotatable bonds is 0. The second-order valence-corrected chi connectivity index (χ2v) is 7.01. The zero-order valence-corrected chi connectivity index (χ0v) is 11.9. The lowest BCUT2D eigenvalue weighted by atomic mass is 9.58. The minimum Gasteiger partial charge on any atom is -0.508 e. The lowest BCUT2D eigenvalue weighted by molar-refractivity contribution is -0.0477. The van der Waals surface area contributed by atoms with Gasteiger partial charge in [0.2, 0.25) is 0 Å². The highest BCUT2D eigenvalue weighted by Crippen LogP contribution is 2.56. The van der Waals surface area contributed by atoms with Crippen LogP contribution in [0, 0.1) is 11.3 Å².